The molecule has 3 aromatic rings. The molecule has 2 atom stereocenters. The van der Waals surface area contributed by atoms with Gasteiger partial charge in [0.2, 0.25) is 5.95 Å². The predicted molar refractivity (Wildman–Crippen MR) is 124 cm³/mol. The van der Waals surface area contributed by atoms with E-state index in [2.05, 4.69) is 14.9 Å². The van der Waals surface area contributed by atoms with E-state index in [0.29, 0.717) is 37.0 Å². The van der Waals surface area contributed by atoms with Gasteiger partial charge < -0.3 is 21.1 Å². The molecule has 1 aromatic carbocycles. The van der Waals surface area contributed by atoms with Crippen LogP contribution in [0.3, 0.4) is 0 Å². The van der Waals surface area contributed by atoms with E-state index < -0.39 is 0 Å². The Balaban J connectivity index is 1.39. The smallest absolute Gasteiger partial charge is 0.260 e. The van der Waals surface area contributed by atoms with Crippen molar-refractivity contribution in [1.82, 2.24) is 15.0 Å². The number of hydrogen-bond acceptors (Lipinski definition) is 8. The van der Waals surface area contributed by atoms with Crippen LogP contribution < -0.4 is 26.0 Å². The molecule has 2 unspecified atom stereocenters. The van der Waals surface area contributed by atoms with Gasteiger partial charge in [-0.05, 0) is 25.5 Å². The van der Waals surface area contributed by atoms with Crippen LogP contribution in [0.2, 0.25) is 0 Å². The topological polar surface area (TPSA) is 123 Å². The number of aryl methyl sites for hydroxylation is 1. The molecule has 0 saturated carbocycles. The van der Waals surface area contributed by atoms with Gasteiger partial charge in [0, 0.05) is 59.3 Å². The molecule has 9 nitrogen and oxygen atoms in total. The maximum atomic E-state index is 13.4. The van der Waals surface area contributed by atoms with Crippen LogP contribution in [0.25, 0.3) is 11.3 Å². The summed E-state index contributed by atoms with van der Waals surface area (Å²) in [5.41, 5.74) is 17.1. The molecule has 1 saturated heterocycles. The monoisotopic (exact) mass is 443 g/mol. The molecule has 0 radical (unpaired) electrons. The number of ether oxygens (including phenoxy) is 1. The van der Waals surface area contributed by atoms with Gasteiger partial charge in [-0.25, -0.2) is 4.98 Å². The summed E-state index contributed by atoms with van der Waals surface area (Å²) in [4.78, 5) is 31.2. The summed E-state index contributed by atoms with van der Waals surface area (Å²) in [5, 5.41) is 0. The summed E-state index contributed by atoms with van der Waals surface area (Å²) < 4.78 is 5.89. The number of carbonyl (C=O) groups is 1. The van der Waals surface area contributed by atoms with Gasteiger partial charge in [-0.15, -0.1) is 0 Å². The van der Waals surface area contributed by atoms with Gasteiger partial charge in [0.1, 0.15) is 18.2 Å². The molecule has 2 aromatic heterocycles. The number of para-hydroxylation sites is 1. The molecule has 33 heavy (non-hydrogen) atoms. The number of aromatic nitrogens is 3. The Morgan fingerprint density at radius 2 is 2.03 bits per heavy atom. The van der Waals surface area contributed by atoms with E-state index >= 15 is 0 Å². The SMILES string of the molecule is Cc1cc(N2Cc3c(ccnc3-c3cccc4c3OCC4N)C2=O)nc(N2CCC(N)C2)n1. The minimum Gasteiger partial charge on any atom is -0.491 e. The number of hydrogen-bond donors (Lipinski definition) is 2. The normalized spacial score (nSPS) is 21.4. The second-order valence-corrected chi connectivity index (χ2v) is 8.88. The molecule has 168 valence electrons. The zero-order valence-electron chi connectivity index (χ0n) is 18.4. The maximum absolute atomic E-state index is 13.4. The van der Waals surface area contributed by atoms with Crippen molar-refractivity contribution in [2.24, 2.45) is 11.5 Å². The molecule has 3 aliphatic heterocycles. The molecular formula is C24H25N7O2. The first-order valence-corrected chi connectivity index (χ1v) is 11.2. The van der Waals surface area contributed by atoms with Gasteiger partial charge in [0.15, 0.2) is 0 Å². The minimum absolute atomic E-state index is 0.0963. The third-order valence-corrected chi connectivity index (χ3v) is 6.57. The first kappa shape index (κ1) is 20.1. The summed E-state index contributed by atoms with van der Waals surface area (Å²) in [6.07, 6.45) is 2.58. The first-order valence-electron chi connectivity index (χ1n) is 11.2. The van der Waals surface area contributed by atoms with Crippen LogP contribution in [0.5, 0.6) is 5.75 Å². The molecular weight excluding hydrogens is 418 g/mol. The lowest BCUT2D eigenvalue weighted by Crippen LogP contribution is -2.29. The van der Waals surface area contributed by atoms with Crippen LogP contribution in [0.15, 0.2) is 36.5 Å². The fourth-order valence-electron chi connectivity index (χ4n) is 4.89. The predicted octanol–water partition coefficient (Wildman–Crippen LogP) is 1.94. The molecule has 5 heterocycles. The van der Waals surface area contributed by atoms with E-state index in [4.69, 9.17) is 21.2 Å². The van der Waals surface area contributed by atoms with E-state index in [1.165, 1.54) is 0 Å². The highest BCUT2D eigenvalue weighted by molar-refractivity contribution is 6.10. The summed E-state index contributed by atoms with van der Waals surface area (Å²) >= 11 is 0. The molecule has 1 fully saturated rings. The summed E-state index contributed by atoms with van der Waals surface area (Å²) in [5.74, 6) is 1.85. The number of benzene rings is 1. The number of nitrogens with zero attached hydrogens (tertiary/aromatic N) is 5. The van der Waals surface area contributed by atoms with Crippen LogP contribution in [0, 0.1) is 6.92 Å². The largest absolute Gasteiger partial charge is 0.491 e. The molecule has 4 N–H and O–H groups in total. The van der Waals surface area contributed by atoms with Crippen LogP contribution in [0.4, 0.5) is 11.8 Å². The van der Waals surface area contributed by atoms with E-state index in [1.807, 2.05) is 31.2 Å². The zero-order valence-corrected chi connectivity index (χ0v) is 18.4. The van der Waals surface area contributed by atoms with Crippen LogP contribution >= 0.6 is 0 Å². The maximum Gasteiger partial charge on any atom is 0.260 e. The van der Waals surface area contributed by atoms with Gasteiger partial charge >= 0.3 is 0 Å². The fraction of sp³-hybridized carbons (Fsp3) is 0.333. The summed E-state index contributed by atoms with van der Waals surface area (Å²) in [6.45, 7) is 4.26. The van der Waals surface area contributed by atoms with Crippen LogP contribution in [-0.4, -0.2) is 46.6 Å². The average Bonchev–Trinajstić information content (AvgIpc) is 3.51. The number of pyridine rings is 1. The Hall–Kier alpha value is -3.56. The number of amides is 1. The highest BCUT2D eigenvalue weighted by Gasteiger charge is 2.35. The van der Waals surface area contributed by atoms with Gasteiger partial charge in [-0.1, -0.05) is 12.1 Å². The molecule has 6 rings (SSSR count). The van der Waals surface area contributed by atoms with Crippen molar-refractivity contribution in [3.63, 3.8) is 0 Å². The fourth-order valence-corrected chi connectivity index (χ4v) is 4.89. The minimum atomic E-state index is -0.157. The summed E-state index contributed by atoms with van der Waals surface area (Å²) in [6, 6.07) is 9.48. The molecule has 0 bridgehead atoms. The van der Waals surface area contributed by atoms with Crippen molar-refractivity contribution in [2.45, 2.75) is 32.0 Å². The van der Waals surface area contributed by atoms with Gasteiger partial charge in [0.05, 0.1) is 18.3 Å². The van der Waals surface area contributed by atoms with Crippen molar-refractivity contribution in [3.05, 3.63) is 58.9 Å². The Labute approximate surface area is 191 Å². The second-order valence-electron chi connectivity index (χ2n) is 8.88. The van der Waals surface area contributed by atoms with Crippen molar-refractivity contribution >= 4 is 17.7 Å². The molecule has 1 amide bonds. The van der Waals surface area contributed by atoms with Crippen molar-refractivity contribution in [2.75, 3.05) is 29.5 Å². The highest BCUT2D eigenvalue weighted by Crippen LogP contribution is 2.42. The third kappa shape index (κ3) is 3.23. The quantitative estimate of drug-likeness (QED) is 0.629. The number of carbonyl (C=O) groups excluding carboxylic acids is 1. The van der Waals surface area contributed by atoms with Gasteiger partial charge in [0.25, 0.3) is 5.91 Å². The third-order valence-electron chi connectivity index (χ3n) is 6.57. The van der Waals surface area contributed by atoms with E-state index in [0.717, 1.165) is 46.8 Å². The van der Waals surface area contributed by atoms with Crippen molar-refractivity contribution < 1.29 is 9.53 Å². The lowest BCUT2D eigenvalue weighted by molar-refractivity contribution is 0.0996. The van der Waals surface area contributed by atoms with E-state index in [9.17, 15) is 4.79 Å². The van der Waals surface area contributed by atoms with Gasteiger partial charge in [-0.3, -0.25) is 14.7 Å². The molecule has 3 aliphatic rings. The van der Waals surface area contributed by atoms with Crippen molar-refractivity contribution in [1.29, 1.82) is 0 Å². The number of fused-ring (bicyclic) bond motifs is 2. The lowest BCUT2D eigenvalue weighted by Gasteiger charge is -2.20. The Bertz CT molecular complexity index is 1280. The van der Waals surface area contributed by atoms with E-state index in [-0.39, 0.29) is 18.0 Å². The molecule has 9 heteroatoms. The van der Waals surface area contributed by atoms with Crippen LogP contribution in [0.1, 0.15) is 39.6 Å². The van der Waals surface area contributed by atoms with Crippen molar-refractivity contribution in [3.8, 4) is 17.0 Å². The number of nitrogens with two attached hydrogens (primary N) is 2. The molecule has 0 spiro atoms. The Morgan fingerprint density at radius 3 is 2.85 bits per heavy atom. The number of rotatable bonds is 3. The second kappa shape index (κ2) is 7.50. The lowest BCUT2D eigenvalue weighted by atomic mass is 9.99. The highest BCUT2D eigenvalue weighted by atomic mass is 16.5. The molecule has 0 aliphatic carbocycles. The standard InChI is InChI=1S/C24H25N7O2/c1-13-9-20(29-24(28-13)30-8-6-14(25)10-30)31-11-18-15(23(31)32)5-7-27-21(18)17-4-2-3-16-19(26)12-33-22(16)17/h2-5,7,9,14,19H,6,8,10-12,25-26H2,1H3. The summed E-state index contributed by atoms with van der Waals surface area (Å²) in [7, 11) is 0. The van der Waals surface area contributed by atoms with E-state index in [1.54, 1.807) is 17.2 Å². The Morgan fingerprint density at radius 1 is 1.15 bits per heavy atom. The van der Waals surface area contributed by atoms with Crippen LogP contribution in [-0.2, 0) is 6.54 Å². The zero-order chi connectivity index (χ0) is 22.7. The average molecular weight is 444 g/mol. The van der Waals surface area contributed by atoms with Gasteiger partial charge in [-0.2, -0.15) is 4.98 Å². The first-order chi connectivity index (χ1) is 16.0. The number of anilines is 2. The Kier molecular flexibility index (Phi) is 4.56.